The smallest absolute Gasteiger partial charge is 0.0563 e. The third kappa shape index (κ3) is 5.17. The average Bonchev–Trinajstić information content (AvgIpc) is 3.67. The summed E-state index contributed by atoms with van der Waals surface area (Å²) in [5, 5.41) is 2.53. The predicted octanol–water partition coefficient (Wildman–Crippen LogP) is 13.3. The third-order valence-electron chi connectivity index (χ3n) is 11.5. The number of para-hydroxylation sites is 2. The van der Waals surface area contributed by atoms with Crippen LogP contribution in [0.15, 0.2) is 194 Å². The molecule has 0 amide bonds. The van der Waals surface area contributed by atoms with Crippen LogP contribution in [0.4, 0.5) is 11.4 Å². The number of allylic oxidation sites excluding steroid dienone is 2. The second kappa shape index (κ2) is 12.4. The van der Waals surface area contributed by atoms with Crippen LogP contribution in [0.5, 0.6) is 0 Å². The van der Waals surface area contributed by atoms with Crippen molar-refractivity contribution < 1.29 is 0 Å². The Balaban J connectivity index is 1.05. The zero-order chi connectivity index (χ0) is 35.5. The van der Waals surface area contributed by atoms with Crippen molar-refractivity contribution in [1.82, 2.24) is 4.57 Å². The molecular formula is C51H40N2. The third-order valence-corrected chi connectivity index (χ3v) is 11.5. The van der Waals surface area contributed by atoms with Crippen LogP contribution in [0.2, 0.25) is 0 Å². The van der Waals surface area contributed by atoms with E-state index in [0.717, 1.165) is 6.42 Å². The van der Waals surface area contributed by atoms with Crippen molar-refractivity contribution in [2.45, 2.75) is 31.7 Å². The van der Waals surface area contributed by atoms with E-state index >= 15 is 0 Å². The van der Waals surface area contributed by atoms with Gasteiger partial charge in [0.15, 0.2) is 0 Å². The molecule has 2 aliphatic rings. The van der Waals surface area contributed by atoms with Gasteiger partial charge in [-0.15, -0.1) is 0 Å². The number of nitrogens with zero attached hydrogens (tertiary/aromatic N) is 2. The van der Waals surface area contributed by atoms with Crippen LogP contribution in [-0.4, -0.2) is 10.6 Å². The highest BCUT2D eigenvalue weighted by Gasteiger charge is 2.40. The average molecular weight is 681 g/mol. The first-order valence-corrected chi connectivity index (χ1v) is 18.7. The highest BCUT2D eigenvalue weighted by Crippen LogP contribution is 2.52. The van der Waals surface area contributed by atoms with Gasteiger partial charge >= 0.3 is 0 Å². The molecule has 0 saturated heterocycles. The van der Waals surface area contributed by atoms with E-state index in [1.165, 1.54) is 83.4 Å². The summed E-state index contributed by atoms with van der Waals surface area (Å²) in [6.07, 6.45) is 5.97. The van der Waals surface area contributed by atoms with Crippen molar-refractivity contribution in [3.63, 3.8) is 0 Å². The molecule has 0 spiro atoms. The second-order valence-corrected chi connectivity index (χ2v) is 14.9. The standard InChI is InChI=1S/C51H40N2/c1-51(2)47-19-11-9-17-43(47)44-31-30-42(34-48(44)51)52(40-26-21-36(22-27-40)35-13-5-3-6-14-35)41-28-23-37(24-29-41)38-25-32-50-46(33-38)45-18-10-12-20-49(45)53(50)39-15-7-4-8-16-39/h3-29,31-34,42H,30H2,1-2H3. The fourth-order valence-corrected chi connectivity index (χ4v) is 8.89. The maximum Gasteiger partial charge on any atom is 0.0563 e. The van der Waals surface area contributed by atoms with E-state index in [9.17, 15) is 0 Å². The second-order valence-electron chi connectivity index (χ2n) is 14.9. The lowest BCUT2D eigenvalue weighted by atomic mass is 9.79. The molecule has 53 heavy (non-hydrogen) atoms. The number of rotatable bonds is 6. The lowest BCUT2D eigenvalue weighted by Gasteiger charge is -2.36. The molecule has 0 saturated carbocycles. The Morgan fingerprint density at radius 3 is 1.83 bits per heavy atom. The molecule has 0 aliphatic heterocycles. The van der Waals surface area contributed by atoms with Crippen molar-refractivity contribution in [3.05, 3.63) is 205 Å². The van der Waals surface area contributed by atoms with Gasteiger partial charge in [0.05, 0.1) is 17.1 Å². The number of hydrogen-bond donors (Lipinski definition) is 0. The van der Waals surface area contributed by atoms with Gasteiger partial charge in [0.1, 0.15) is 0 Å². The van der Waals surface area contributed by atoms with Gasteiger partial charge in [-0.25, -0.2) is 0 Å². The van der Waals surface area contributed by atoms with Crippen LogP contribution >= 0.6 is 0 Å². The first-order chi connectivity index (χ1) is 26.0. The molecule has 254 valence electrons. The summed E-state index contributed by atoms with van der Waals surface area (Å²) < 4.78 is 2.38. The topological polar surface area (TPSA) is 8.17 Å². The Bertz CT molecular complexity index is 2690. The maximum atomic E-state index is 2.55. The molecule has 1 atom stereocenters. The number of anilines is 2. The monoisotopic (exact) mass is 680 g/mol. The number of hydrogen-bond acceptors (Lipinski definition) is 1. The highest BCUT2D eigenvalue weighted by molar-refractivity contribution is 6.10. The summed E-state index contributed by atoms with van der Waals surface area (Å²) in [4.78, 5) is 2.54. The Hall–Kier alpha value is -6.38. The van der Waals surface area contributed by atoms with Gasteiger partial charge in [0.25, 0.3) is 0 Å². The van der Waals surface area contributed by atoms with E-state index in [-0.39, 0.29) is 11.5 Å². The van der Waals surface area contributed by atoms with Crippen LogP contribution in [0, 0.1) is 0 Å². The lowest BCUT2D eigenvalue weighted by Crippen LogP contribution is -2.32. The summed E-state index contributed by atoms with van der Waals surface area (Å²) in [7, 11) is 0. The SMILES string of the molecule is CC1(C)C2=CC(N(c3ccc(-c4ccccc4)cc3)c3ccc(-c4ccc5c(c4)c4ccccc4n5-c4ccccc4)cc3)CC=C2c2ccccc21. The summed E-state index contributed by atoms with van der Waals surface area (Å²) in [5.74, 6) is 0. The lowest BCUT2D eigenvalue weighted by molar-refractivity contribution is 0.644. The maximum absolute atomic E-state index is 2.55. The summed E-state index contributed by atoms with van der Waals surface area (Å²) in [5.41, 5.74) is 16.5. The first kappa shape index (κ1) is 31.4. The van der Waals surface area contributed by atoms with Gasteiger partial charge in [-0.05, 0) is 106 Å². The molecule has 1 heterocycles. The quantitative estimate of drug-likeness (QED) is 0.170. The van der Waals surface area contributed by atoms with Crippen LogP contribution in [0.1, 0.15) is 31.4 Å². The number of aromatic nitrogens is 1. The van der Waals surface area contributed by atoms with E-state index < -0.39 is 0 Å². The van der Waals surface area contributed by atoms with E-state index in [1.54, 1.807) is 0 Å². The molecular weight excluding hydrogens is 641 g/mol. The zero-order valence-corrected chi connectivity index (χ0v) is 30.1. The van der Waals surface area contributed by atoms with Gasteiger partial charge in [-0.3, -0.25) is 0 Å². The Labute approximate surface area is 311 Å². The molecule has 2 aliphatic carbocycles. The number of fused-ring (bicyclic) bond motifs is 6. The van der Waals surface area contributed by atoms with Gasteiger partial charge < -0.3 is 9.47 Å². The van der Waals surface area contributed by atoms with Crippen LogP contribution in [-0.2, 0) is 5.41 Å². The predicted molar refractivity (Wildman–Crippen MR) is 224 cm³/mol. The van der Waals surface area contributed by atoms with Crippen molar-refractivity contribution in [1.29, 1.82) is 0 Å². The largest absolute Gasteiger partial charge is 0.334 e. The van der Waals surface area contributed by atoms with Crippen LogP contribution in [0.25, 0.3) is 55.3 Å². The van der Waals surface area contributed by atoms with E-state index in [0.29, 0.717) is 0 Å². The first-order valence-electron chi connectivity index (χ1n) is 18.7. The Kier molecular flexibility index (Phi) is 7.33. The zero-order valence-electron chi connectivity index (χ0n) is 30.1. The van der Waals surface area contributed by atoms with Gasteiger partial charge in [0.2, 0.25) is 0 Å². The van der Waals surface area contributed by atoms with E-state index in [2.05, 4.69) is 211 Å². The minimum absolute atomic E-state index is 0.0456. The molecule has 0 bridgehead atoms. The van der Waals surface area contributed by atoms with Crippen molar-refractivity contribution >= 4 is 38.8 Å². The molecule has 0 fully saturated rings. The molecule has 2 nitrogen and oxygen atoms in total. The summed E-state index contributed by atoms with van der Waals surface area (Å²) >= 11 is 0. The molecule has 2 heteroatoms. The van der Waals surface area contributed by atoms with Gasteiger partial charge in [-0.1, -0.05) is 147 Å². The molecule has 10 rings (SSSR count). The fraction of sp³-hybridized carbons (Fsp3) is 0.0980. The molecule has 8 aromatic rings. The van der Waals surface area contributed by atoms with Crippen molar-refractivity contribution in [2.24, 2.45) is 0 Å². The minimum Gasteiger partial charge on any atom is -0.334 e. The van der Waals surface area contributed by atoms with Gasteiger partial charge in [0, 0.05) is 33.2 Å². The fourth-order valence-electron chi connectivity index (χ4n) is 8.89. The summed E-state index contributed by atoms with van der Waals surface area (Å²) in [6, 6.07) is 64.4. The van der Waals surface area contributed by atoms with Gasteiger partial charge in [-0.2, -0.15) is 0 Å². The number of benzene rings is 7. The normalized spacial score (nSPS) is 15.8. The van der Waals surface area contributed by atoms with Crippen molar-refractivity contribution in [2.75, 3.05) is 4.90 Å². The minimum atomic E-state index is -0.0456. The van der Waals surface area contributed by atoms with E-state index in [4.69, 9.17) is 0 Å². The molecule has 1 aromatic heterocycles. The van der Waals surface area contributed by atoms with Crippen LogP contribution in [0.3, 0.4) is 0 Å². The van der Waals surface area contributed by atoms with Crippen LogP contribution < -0.4 is 4.90 Å². The molecule has 0 N–H and O–H groups in total. The Morgan fingerprint density at radius 1 is 0.528 bits per heavy atom. The molecule has 1 unspecified atom stereocenters. The molecule has 7 aromatic carbocycles. The highest BCUT2D eigenvalue weighted by atomic mass is 15.2. The Morgan fingerprint density at radius 2 is 1.09 bits per heavy atom. The van der Waals surface area contributed by atoms with Crippen molar-refractivity contribution in [3.8, 4) is 27.9 Å². The molecule has 0 radical (unpaired) electrons. The van der Waals surface area contributed by atoms with E-state index in [1.807, 2.05) is 0 Å². The summed E-state index contributed by atoms with van der Waals surface area (Å²) in [6.45, 7) is 4.76.